The lowest BCUT2D eigenvalue weighted by molar-refractivity contribution is 0.0939. The molecule has 0 radical (unpaired) electrons. The third kappa shape index (κ3) is 4.20. The first-order chi connectivity index (χ1) is 15.4. The van der Waals surface area contributed by atoms with Gasteiger partial charge in [-0.15, -0.1) is 0 Å². The van der Waals surface area contributed by atoms with Gasteiger partial charge in [-0.2, -0.15) is 5.26 Å². The highest BCUT2D eigenvalue weighted by Gasteiger charge is 2.28. The number of anilines is 1. The number of pyridine rings is 2. The van der Waals surface area contributed by atoms with Gasteiger partial charge in [0.1, 0.15) is 11.8 Å². The molecule has 0 unspecified atom stereocenters. The number of carbonyl (C=O) groups excluding carboxylic acids is 1. The first kappa shape index (κ1) is 21.9. The number of hydrazine groups is 1. The summed E-state index contributed by atoms with van der Waals surface area (Å²) in [5.41, 5.74) is 10.3. The van der Waals surface area contributed by atoms with Gasteiger partial charge in [0.05, 0.1) is 16.8 Å². The maximum Gasteiger partial charge on any atom is 0.169 e. The molecule has 0 aliphatic heterocycles. The smallest absolute Gasteiger partial charge is 0.169 e. The Labute approximate surface area is 188 Å². The van der Waals surface area contributed by atoms with E-state index in [1.54, 1.807) is 23.5 Å². The number of rotatable bonds is 5. The number of nitrogens with zero attached hydrogens (tertiary/aromatic N) is 4. The predicted octanol–water partition coefficient (Wildman–Crippen LogP) is 3.96. The Morgan fingerprint density at radius 3 is 2.44 bits per heavy atom. The van der Waals surface area contributed by atoms with Gasteiger partial charge in [0.2, 0.25) is 0 Å². The summed E-state index contributed by atoms with van der Waals surface area (Å²) in [5, 5.41) is 11.6. The Morgan fingerprint density at radius 2 is 1.81 bits per heavy atom. The lowest BCUT2D eigenvalue weighted by Crippen LogP contribution is -2.46. The molecule has 2 aromatic heterocycles. The summed E-state index contributed by atoms with van der Waals surface area (Å²) < 4.78 is 0. The van der Waals surface area contributed by atoms with Gasteiger partial charge in [-0.05, 0) is 55.5 Å². The number of Topliss-reactive ketones (excluding diaryl/α,β-unsaturated/α-hetero) is 1. The number of fused-ring (bicyclic) bond motifs is 1. The summed E-state index contributed by atoms with van der Waals surface area (Å²) in [4.78, 5) is 21.8. The van der Waals surface area contributed by atoms with Crippen molar-refractivity contribution in [1.82, 2.24) is 9.97 Å². The van der Waals surface area contributed by atoms with Crippen LogP contribution in [-0.4, -0.2) is 27.8 Å². The highest BCUT2D eigenvalue weighted by atomic mass is 16.1. The molecule has 0 atom stereocenters. The molecule has 0 saturated heterocycles. The lowest BCUT2D eigenvalue weighted by atomic mass is 9.90. The van der Waals surface area contributed by atoms with Crippen LogP contribution in [0.2, 0.25) is 0 Å². The molecule has 4 N–H and O–H groups in total. The second-order valence-electron chi connectivity index (χ2n) is 8.79. The summed E-state index contributed by atoms with van der Waals surface area (Å²) in [6, 6.07) is 11.8. The van der Waals surface area contributed by atoms with Crippen LogP contribution >= 0.6 is 0 Å². The van der Waals surface area contributed by atoms with Crippen LogP contribution in [0.1, 0.15) is 55.6 Å². The summed E-state index contributed by atoms with van der Waals surface area (Å²) >= 11 is 0. The van der Waals surface area contributed by atoms with Crippen molar-refractivity contribution in [3.8, 4) is 17.2 Å². The number of nitrogens with two attached hydrogens (primary N) is 2. The minimum absolute atomic E-state index is 0.0165. The van der Waals surface area contributed by atoms with E-state index in [-0.39, 0.29) is 23.8 Å². The van der Waals surface area contributed by atoms with Crippen molar-refractivity contribution < 1.29 is 4.79 Å². The standard InChI is InChI=1S/C25H28N6O/c1-15(2)25(32)22-14-30-23-10-4-16(17-3-7-19(12-26)29-13-17)11-21(23)24(22)31(28)20-8-5-18(27)6-9-20/h3-4,7,10-11,13-15,18,20H,5-6,8-9,27-28H2,1-2H3/t18-,20-. The molecule has 2 heterocycles. The molecule has 1 aliphatic rings. The largest absolute Gasteiger partial charge is 0.328 e. The van der Waals surface area contributed by atoms with Gasteiger partial charge < -0.3 is 10.7 Å². The molecule has 1 aliphatic carbocycles. The van der Waals surface area contributed by atoms with Crippen LogP contribution in [0.3, 0.4) is 0 Å². The van der Waals surface area contributed by atoms with E-state index in [0.29, 0.717) is 11.3 Å². The Balaban J connectivity index is 1.86. The van der Waals surface area contributed by atoms with E-state index in [9.17, 15) is 4.79 Å². The number of ketones is 1. The minimum Gasteiger partial charge on any atom is -0.328 e. The Bertz CT molecular complexity index is 1170. The number of aromatic nitrogens is 2. The molecule has 32 heavy (non-hydrogen) atoms. The van der Waals surface area contributed by atoms with Crippen LogP contribution in [0.15, 0.2) is 42.7 Å². The normalized spacial score (nSPS) is 18.5. The van der Waals surface area contributed by atoms with E-state index in [1.165, 1.54) is 0 Å². The summed E-state index contributed by atoms with van der Waals surface area (Å²) in [5.74, 6) is 6.55. The number of hydrogen-bond acceptors (Lipinski definition) is 7. The van der Waals surface area contributed by atoms with Gasteiger partial charge in [0.25, 0.3) is 0 Å². The third-order valence-electron chi connectivity index (χ3n) is 6.23. The van der Waals surface area contributed by atoms with Crippen LogP contribution in [0.25, 0.3) is 22.0 Å². The van der Waals surface area contributed by atoms with Crippen LogP contribution in [-0.2, 0) is 0 Å². The van der Waals surface area contributed by atoms with E-state index in [2.05, 4.69) is 9.97 Å². The number of benzene rings is 1. The van der Waals surface area contributed by atoms with E-state index < -0.39 is 0 Å². The second-order valence-corrected chi connectivity index (χ2v) is 8.79. The van der Waals surface area contributed by atoms with Crippen molar-refractivity contribution in [2.45, 2.75) is 51.6 Å². The molecule has 4 rings (SSSR count). The Kier molecular flexibility index (Phi) is 6.17. The van der Waals surface area contributed by atoms with E-state index in [0.717, 1.165) is 53.4 Å². The molecule has 7 nitrogen and oxygen atoms in total. The molecule has 1 aromatic carbocycles. The van der Waals surface area contributed by atoms with E-state index >= 15 is 0 Å². The molecule has 1 saturated carbocycles. The molecule has 164 valence electrons. The van der Waals surface area contributed by atoms with Gasteiger partial charge in [-0.25, -0.2) is 10.8 Å². The van der Waals surface area contributed by atoms with Gasteiger partial charge in [0, 0.05) is 41.3 Å². The predicted molar refractivity (Wildman–Crippen MR) is 126 cm³/mol. The molecule has 3 aromatic rings. The number of hydrogen-bond donors (Lipinski definition) is 2. The van der Waals surface area contributed by atoms with Crippen LogP contribution in [0.4, 0.5) is 5.69 Å². The van der Waals surface area contributed by atoms with Gasteiger partial charge in [-0.1, -0.05) is 19.9 Å². The quantitative estimate of drug-likeness (QED) is 0.358. The molecular weight excluding hydrogens is 400 g/mol. The van der Waals surface area contributed by atoms with Crippen molar-refractivity contribution in [1.29, 1.82) is 5.26 Å². The van der Waals surface area contributed by atoms with Crippen molar-refractivity contribution in [3.05, 3.63) is 54.0 Å². The monoisotopic (exact) mass is 428 g/mol. The third-order valence-corrected chi connectivity index (χ3v) is 6.23. The van der Waals surface area contributed by atoms with Gasteiger partial charge in [-0.3, -0.25) is 9.78 Å². The zero-order valence-electron chi connectivity index (χ0n) is 18.5. The van der Waals surface area contributed by atoms with E-state index in [1.807, 2.05) is 44.2 Å². The van der Waals surface area contributed by atoms with Crippen LogP contribution < -0.4 is 16.6 Å². The zero-order valence-corrected chi connectivity index (χ0v) is 18.5. The Hall–Kier alpha value is -3.34. The number of nitriles is 1. The van der Waals surface area contributed by atoms with Crippen molar-refractivity contribution in [2.75, 3.05) is 5.01 Å². The Morgan fingerprint density at radius 1 is 1.09 bits per heavy atom. The second kappa shape index (κ2) is 9.03. The average Bonchev–Trinajstić information content (AvgIpc) is 2.82. The van der Waals surface area contributed by atoms with Gasteiger partial charge >= 0.3 is 0 Å². The molecule has 0 amide bonds. The van der Waals surface area contributed by atoms with Crippen molar-refractivity contribution >= 4 is 22.4 Å². The van der Waals surface area contributed by atoms with Gasteiger partial charge in [0.15, 0.2) is 5.78 Å². The van der Waals surface area contributed by atoms with Crippen LogP contribution in [0, 0.1) is 17.2 Å². The lowest BCUT2D eigenvalue weighted by Gasteiger charge is -2.35. The summed E-state index contributed by atoms with van der Waals surface area (Å²) in [6.45, 7) is 3.77. The molecule has 0 spiro atoms. The SMILES string of the molecule is CC(C)C(=O)c1cnc2ccc(-c3ccc(C#N)nc3)cc2c1N(N)[C@H]1CC[C@H](N)CC1. The summed E-state index contributed by atoms with van der Waals surface area (Å²) in [6.07, 6.45) is 6.93. The fourth-order valence-electron chi connectivity index (χ4n) is 4.32. The molecular formula is C25H28N6O. The van der Waals surface area contributed by atoms with Crippen LogP contribution in [0.5, 0.6) is 0 Å². The van der Waals surface area contributed by atoms with Crippen molar-refractivity contribution in [3.63, 3.8) is 0 Å². The van der Waals surface area contributed by atoms with E-state index in [4.69, 9.17) is 16.8 Å². The minimum atomic E-state index is -0.174. The first-order valence-corrected chi connectivity index (χ1v) is 11.0. The molecule has 1 fully saturated rings. The number of carbonyl (C=O) groups is 1. The fraction of sp³-hybridized carbons (Fsp3) is 0.360. The topological polar surface area (TPSA) is 122 Å². The maximum atomic E-state index is 13.1. The fourth-order valence-corrected chi connectivity index (χ4v) is 4.32. The first-order valence-electron chi connectivity index (χ1n) is 11.0. The maximum absolute atomic E-state index is 13.1. The summed E-state index contributed by atoms with van der Waals surface area (Å²) in [7, 11) is 0. The molecule has 7 heteroatoms. The highest BCUT2D eigenvalue weighted by Crippen LogP contribution is 2.36. The van der Waals surface area contributed by atoms with Crippen molar-refractivity contribution in [2.24, 2.45) is 17.5 Å². The molecule has 0 bridgehead atoms. The highest BCUT2D eigenvalue weighted by molar-refractivity contribution is 6.09. The average molecular weight is 429 g/mol. The zero-order chi connectivity index (χ0) is 22.8.